The number of nitrogens with zero attached hydrogens (tertiary/aromatic N) is 1. The zero-order chi connectivity index (χ0) is 13.4. The summed E-state index contributed by atoms with van der Waals surface area (Å²) in [4.78, 5) is 4.78. The van der Waals surface area contributed by atoms with Crippen molar-refractivity contribution in [2.75, 3.05) is 0 Å². The number of hydrogen-bond acceptors (Lipinski definition) is 3. The van der Waals surface area contributed by atoms with Gasteiger partial charge < -0.3 is 5.32 Å². The normalized spacial score (nSPS) is 27.7. The first-order valence-corrected chi connectivity index (χ1v) is 7.91. The molecule has 0 radical (unpaired) electrons. The van der Waals surface area contributed by atoms with Gasteiger partial charge in [0, 0.05) is 17.1 Å². The summed E-state index contributed by atoms with van der Waals surface area (Å²) in [5.41, 5.74) is 1.68. The number of nitrogens with one attached hydrogen (secondary N) is 1. The van der Waals surface area contributed by atoms with Crippen LogP contribution in [0, 0.1) is 12.3 Å². The molecule has 1 unspecified atom stereocenters. The van der Waals surface area contributed by atoms with Crippen molar-refractivity contribution in [3.8, 4) is 0 Å². The molecule has 1 aromatic rings. The fourth-order valence-corrected chi connectivity index (χ4v) is 4.35. The molecule has 1 fully saturated rings. The summed E-state index contributed by atoms with van der Waals surface area (Å²) in [5.74, 6) is 0. The first-order valence-electron chi connectivity index (χ1n) is 7.03. The van der Waals surface area contributed by atoms with Crippen molar-refractivity contribution >= 4 is 11.3 Å². The van der Waals surface area contributed by atoms with Gasteiger partial charge in [0.1, 0.15) is 5.01 Å². The molecule has 1 atom stereocenters. The highest BCUT2D eigenvalue weighted by Gasteiger charge is 2.43. The van der Waals surface area contributed by atoms with Crippen LogP contribution in [0.4, 0.5) is 0 Å². The van der Waals surface area contributed by atoms with Crippen molar-refractivity contribution in [3.05, 3.63) is 16.1 Å². The summed E-state index contributed by atoms with van der Waals surface area (Å²) in [5, 5.41) is 7.30. The second-order valence-corrected chi connectivity index (χ2v) is 7.73. The van der Waals surface area contributed by atoms with Gasteiger partial charge in [-0.2, -0.15) is 0 Å². The van der Waals surface area contributed by atoms with Crippen molar-refractivity contribution < 1.29 is 0 Å². The van der Waals surface area contributed by atoms with Gasteiger partial charge in [0.15, 0.2) is 0 Å². The van der Waals surface area contributed by atoms with E-state index in [1.165, 1.54) is 30.7 Å². The number of aryl methyl sites for hydroxylation is 1. The molecule has 1 N–H and O–H groups in total. The molecule has 102 valence electrons. The quantitative estimate of drug-likeness (QED) is 0.885. The molecule has 3 heteroatoms. The Morgan fingerprint density at radius 2 is 2.06 bits per heavy atom. The van der Waals surface area contributed by atoms with E-state index >= 15 is 0 Å². The molecule has 1 saturated carbocycles. The smallest absolute Gasteiger partial charge is 0.113 e. The maximum absolute atomic E-state index is 4.78. The zero-order valence-electron chi connectivity index (χ0n) is 12.3. The molecule has 18 heavy (non-hydrogen) atoms. The van der Waals surface area contributed by atoms with Crippen molar-refractivity contribution in [1.29, 1.82) is 0 Å². The SMILES string of the molecule is Cc1csc(C2(NC(C)C)CCCC(C)(C)C2)n1. The van der Waals surface area contributed by atoms with E-state index in [4.69, 9.17) is 4.98 Å². The van der Waals surface area contributed by atoms with E-state index in [9.17, 15) is 0 Å². The maximum Gasteiger partial charge on any atom is 0.113 e. The summed E-state index contributed by atoms with van der Waals surface area (Å²) in [6.07, 6.45) is 5.05. The average Bonchev–Trinajstić information content (AvgIpc) is 2.62. The third kappa shape index (κ3) is 2.94. The molecule has 1 aromatic heterocycles. The summed E-state index contributed by atoms with van der Waals surface area (Å²) >= 11 is 1.82. The lowest BCUT2D eigenvalue weighted by Gasteiger charge is -2.45. The number of aromatic nitrogens is 1. The Labute approximate surface area is 115 Å². The van der Waals surface area contributed by atoms with Crippen LogP contribution < -0.4 is 5.32 Å². The molecule has 2 nitrogen and oxygen atoms in total. The van der Waals surface area contributed by atoms with E-state index in [-0.39, 0.29) is 5.54 Å². The molecule has 1 heterocycles. The standard InChI is InChI=1S/C15H26N2S/c1-11(2)17-15(13-16-12(3)9-18-13)8-6-7-14(4,5)10-15/h9,11,17H,6-8,10H2,1-5H3. The minimum absolute atomic E-state index is 0.106. The molecule has 0 amide bonds. The number of thiazole rings is 1. The van der Waals surface area contributed by atoms with E-state index < -0.39 is 0 Å². The highest BCUT2D eigenvalue weighted by molar-refractivity contribution is 7.09. The predicted octanol–water partition coefficient (Wildman–Crippen LogP) is 4.25. The van der Waals surface area contributed by atoms with Gasteiger partial charge in [0.2, 0.25) is 0 Å². The first-order chi connectivity index (χ1) is 8.33. The molecule has 2 rings (SSSR count). The Morgan fingerprint density at radius 3 is 2.56 bits per heavy atom. The minimum Gasteiger partial charge on any atom is -0.303 e. The van der Waals surface area contributed by atoms with E-state index in [1.54, 1.807) is 0 Å². The molecule has 0 saturated heterocycles. The number of hydrogen-bond donors (Lipinski definition) is 1. The summed E-state index contributed by atoms with van der Waals surface area (Å²) < 4.78 is 0. The average molecular weight is 266 g/mol. The summed E-state index contributed by atoms with van der Waals surface area (Å²) in [6, 6.07) is 0.503. The van der Waals surface area contributed by atoms with Crippen LogP contribution >= 0.6 is 11.3 Å². The van der Waals surface area contributed by atoms with Crippen LogP contribution in [0.1, 0.15) is 64.1 Å². The van der Waals surface area contributed by atoms with Crippen molar-refractivity contribution in [2.24, 2.45) is 5.41 Å². The van der Waals surface area contributed by atoms with Crippen molar-refractivity contribution in [1.82, 2.24) is 10.3 Å². The Balaban J connectivity index is 2.34. The lowest BCUT2D eigenvalue weighted by atomic mass is 9.68. The van der Waals surface area contributed by atoms with E-state index in [0.29, 0.717) is 11.5 Å². The Hall–Kier alpha value is -0.410. The van der Waals surface area contributed by atoms with Gasteiger partial charge >= 0.3 is 0 Å². The zero-order valence-corrected chi connectivity index (χ0v) is 13.2. The molecule has 0 aliphatic heterocycles. The van der Waals surface area contributed by atoms with Gasteiger partial charge in [-0.3, -0.25) is 0 Å². The highest BCUT2D eigenvalue weighted by Crippen LogP contribution is 2.47. The molecule has 1 aliphatic carbocycles. The number of rotatable bonds is 3. The van der Waals surface area contributed by atoms with Gasteiger partial charge in [-0.25, -0.2) is 4.98 Å². The van der Waals surface area contributed by atoms with E-state index in [1.807, 2.05) is 11.3 Å². The highest BCUT2D eigenvalue weighted by atomic mass is 32.1. The van der Waals surface area contributed by atoms with E-state index in [2.05, 4.69) is 45.3 Å². The van der Waals surface area contributed by atoms with Gasteiger partial charge in [0.05, 0.1) is 5.54 Å². The third-order valence-corrected chi connectivity index (χ3v) is 5.00. The van der Waals surface area contributed by atoms with Gasteiger partial charge in [-0.1, -0.05) is 20.3 Å². The molecule has 1 aliphatic rings. The molecular formula is C15H26N2S. The fraction of sp³-hybridized carbons (Fsp3) is 0.800. The van der Waals surface area contributed by atoms with Crippen LogP contribution in [0.2, 0.25) is 0 Å². The third-order valence-electron chi connectivity index (χ3n) is 3.83. The van der Waals surface area contributed by atoms with Crippen molar-refractivity contribution in [2.45, 2.75) is 71.9 Å². The summed E-state index contributed by atoms with van der Waals surface area (Å²) in [7, 11) is 0. The lowest BCUT2D eigenvalue weighted by Crippen LogP contribution is -2.50. The van der Waals surface area contributed by atoms with Crippen LogP contribution in [0.25, 0.3) is 0 Å². The lowest BCUT2D eigenvalue weighted by molar-refractivity contribution is 0.110. The molecule has 0 spiro atoms. The van der Waals surface area contributed by atoms with Gasteiger partial charge in [-0.05, 0) is 45.4 Å². The molecule has 0 aromatic carbocycles. The summed E-state index contributed by atoms with van der Waals surface area (Å²) in [6.45, 7) is 11.4. The van der Waals surface area contributed by atoms with Crippen LogP contribution in [-0.4, -0.2) is 11.0 Å². The second-order valence-electron chi connectivity index (χ2n) is 6.87. The predicted molar refractivity (Wildman–Crippen MR) is 79.0 cm³/mol. The Bertz CT molecular complexity index is 408. The molecule has 0 bridgehead atoms. The second kappa shape index (κ2) is 4.93. The Morgan fingerprint density at radius 1 is 1.33 bits per heavy atom. The maximum atomic E-state index is 4.78. The first kappa shape index (κ1) is 14.0. The minimum atomic E-state index is 0.106. The topological polar surface area (TPSA) is 24.9 Å². The molecular weight excluding hydrogens is 240 g/mol. The fourth-order valence-electron chi connectivity index (χ4n) is 3.36. The van der Waals surface area contributed by atoms with Gasteiger partial charge in [-0.15, -0.1) is 11.3 Å². The Kier molecular flexibility index (Phi) is 3.84. The van der Waals surface area contributed by atoms with Crippen molar-refractivity contribution in [3.63, 3.8) is 0 Å². The largest absolute Gasteiger partial charge is 0.303 e. The van der Waals surface area contributed by atoms with E-state index in [0.717, 1.165) is 5.69 Å². The van der Waals surface area contributed by atoms with Crippen LogP contribution in [-0.2, 0) is 5.54 Å². The van der Waals surface area contributed by atoms with Crippen LogP contribution in [0.5, 0.6) is 0 Å². The monoisotopic (exact) mass is 266 g/mol. The van der Waals surface area contributed by atoms with Gasteiger partial charge in [0.25, 0.3) is 0 Å². The van der Waals surface area contributed by atoms with Crippen LogP contribution in [0.3, 0.4) is 0 Å². The van der Waals surface area contributed by atoms with Crippen LogP contribution in [0.15, 0.2) is 5.38 Å².